The normalized spacial score (nSPS) is 18.7. The Hall–Kier alpha value is -1.89. The van der Waals surface area contributed by atoms with E-state index in [0.29, 0.717) is 17.4 Å². The molecule has 1 aromatic carbocycles. The summed E-state index contributed by atoms with van der Waals surface area (Å²) in [7, 11) is 0. The van der Waals surface area contributed by atoms with Gasteiger partial charge in [-0.2, -0.15) is 0 Å². The van der Waals surface area contributed by atoms with Crippen molar-refractivity contribution in [1.29, 1.82) is 0 Å². The van der Waals surface area contributed by atoms with Crippen molar-refractivity contribution in [3.8, 4) is 0 Å². The number of hydrogen-bond donors (Lipinski definition) is 0. The van der Waals surface area contributed by atoms with Crippen LogP contribution in [0.25, 0.3) is 11.0 Å². The van der Waals surface area contributed by atoms with E-state index in [1.54, 1.807) is 0 Å². The second-order valence-electron chi connectivity index (χ2n) is 4.79. The fourth-order valence-electron chi connectivity index (χ4n) is 2.36. The first-order valence-corrected chi connectivity index (χ1v) is 7.14. The lowest BCUT2D eigenvalue weighted by atomic mass is 10.1. The predicted octanol–water partition coefficient (Wildman–Crippen LogP) is 3.70. The van der Waals surface area contributed by atoms with Gasteiger partial charge in [-0.05, 0) is 18.6 Å². The smallest absolute Gasteiger partial charge is 0.286 e. The third kappa shape index (κ3) is 2.12. The molecule has 1 fully saturated rings. The van der Waals surface area contributed by atoms with Crippen LogP contribution in [0.4, 0.5) is 19.3 Å². The van der Waals surface area contributed by atoms with Crippen molar-refractivity contribution in [3.63, 3.8) is 0 Å². The Kier molecular flexibility index (Phi) is 3.44. The van der Waals surface area contributed by atoms with Crippen molar-refractivity contribution < 1.29 is 22.8 Å². The van der Waals surface area contributed by atoms with E-state index in [1.807, 2.05) is 0 Å². The lowest BCUT2D eigenvalue weighted by Gasteiger charge is -2.13. The third-order valence-corrected chi connectivity index (χ3v) is 4.56. The third-order valence-electron chi connectivity index (χ3n) is 3.53. The molecule has 2 heterocycles. The molecule has 4 nitrogen and oxygen atoms in total. The Balaban J connectivity index is 2.14. The van der Waals surface area contributed by atoms with Gasteiger partial charge in [-0.1, -0.05) is 11.8 Å². The van der Waals surface area contributed by atoms with Crippen molar-refractivity contribution >= 4 is 39.9 Å². The zero-order valence-electron chi connectivity index (χ0n) is 11.1. The van der Waals surface area contributed by atoms with E-state index in [1.165, 1.54) is 24.2 Å². The quantitative estimate of drug-likeness (QED) is 0.811. The van der Waals surface area contributed by atoms with Gasteiger partial charge in [-0.15, -0.1) is 0 Å². The lowest BCUT2D eigenvalue weighted by Crippen LogP contribution is -2.24. The standard InChI is InChI=1S/C14H11F2NO3S/c1-7-8(5-18)2-10-11(6-20-13(10)12(7)16)17-4-9(3-15)21-14(17)19/h2,5-6,9H,3-4H2,1H3/t9-/m0/s1. The van der Waals surface area contributed by atoms with E-state index in [2.05, 4.69) is 0 Å². The zero-order chi connectivity index (χ0) is 15.1. The summed E-state index contributed by atoms with van der Waals surface area (Å²) >= 11 is 0.905. The molecule has 3 rings (SSSR count). The molecule has 0 N–H and O–H groups in total. The van der Waals surface area contributed by atoms with E-state index in [-0.39, 0.29) is 28.5 Å². The van der Waals surface area contributed by atoms with E-state index >= 15 is 0 Å². The average molecular weight is 311 g/mol. The molecular weight excluding hydrogens is 300 g/mol. The second kappa shape index (κ2) is 5.14. The Labute approximate surface area is 123 Å². The van der Waals surface area contributed by atoms with Crippen LogP contribution < -0.4 is 4.90 Å². The van der Waals surface area contributed by atoms with Gasteiger partial charge < -0.3 is 4.42 Å². The van der Waals surface area contributed by atoms with Crippen molar-refractivity contribution in [2.45, 2.75) is 12.2 Å². The Morgan fingerprint density at radius 1 is 1.57 bits per heavy atom. The van der Waals surface area contributed by atoms with Crippen molar-refractivity contribution in [2.24, 2.45) is 0 Å². The molecule has 2 aromatic rings. The first kappa shape index (κ1) is 14.1. The van der Waals surface area contributed by atoms with Crippen LogP contribution >= 0.6 is 11.8 Å². The fourth-order valence-corrected chi connectivity index (χ4v) is 3.23. The molecule has 0 unspecified atom stereocenters. The van der Waals surface area contributed by atoms with Crippen molar-refractivity contribution in [3.05, 3.63) is 29.3 Å². The molecule has 110 valence electrons. The van der Waals surface area contributed by atoms with E-state index in [4.69, 9.17) is 4.42 Å². The van der Waals surface area contributed by atoms with Gasteiger partial charge in [0.15, 0.2) is 11.4 Å². The summed E-state index contributed by atoms with van der Waals surface area (Å²) in [5.74, 6) is -0.623. The van der Waals surface area contributed by atoms with Gasteiger partial charge >= 0.3 is 0 Å². The molecule has 0 spiro atoms. The molecule has 7 heteroatoms. The summed E-state index contributed by atoms with van der Waals surface area (Å²) in [5, 5.41) is -0.411. The van der Waals surface area contributed by atoms with Gasteiger partial charge in [-0.25, -0.2) is 8.78 Å². The number of thioether (sulfide) groups is 1. The SMILES string of the molecule is Cc1c(C=O)cc2c(N3C[C@H](CF)SC3=O)coc2c1F. The maximum absolute atomic E-state index is 14.2. The van der Waals surface area contributed by atoms with Crippen LogP contribution in [0.15, 0.2) is 16.7 Å². The minimum absolute atomic E-state index is 0.00500. The van der Waals surface area contributed by atoms with Gasteiger partial charge in [0, 0.05) is 17.5 Å². The minimum Gasteiger partial charge on any atom is -0.459 e. The van der Waals surface area contributed by atoms with Gasteiger partial charge in [-0.3, -0.25) is 14.5 Å². The molecule has 1 amide bonds. The molecule has 0 saturated carbocycles. The Morgan fingerprint density at radius 2 is 2.33 bits per heavy atom. The van der Waals surface area contributed by atoms with Crippen molar-refractivity contribution in [1.82, 2.24) is 0 Å². The summed E-state index contributed by atoms with van der Waals surface area (Å²) in [6, 6.07) is 1.49. The number of alkyl halides is 1. The second-order valence-corrected chi connectivity index (χ2v) is 6.04. The molecular formula is C14H11F2NO3S. The van der Waals surface area contributed by atoms with Crippen LogP contribution in [0.2, 0.25) is 0 Å². The van der Waals surface area contributed by atoms with E-state index in [9.17, 15) is 18.4 Å². The number of aldehydes is 1. The molecule has 21 heavy (non-hydrogen) atoms. The largest absolute Gasteiger partial charge is 0.459 e. The number of halogens is 2. The number of carbonyl (C=O) groups excluding carboxylic acids is 2. The number of amides is 1. The number of carbonyl (C=O) groups is 2. The van der Waals surface area contributed by atoms with E-state index in [0.717, 1.165) is 11.8 Å². The molecule has 1 aromatic heterocycles. The van der Waals surface area contributed by atoms with Gasteiger partial charge in [0.1, 0.15) is 19.2 Å². The highest BCUT2D eigenvalue weighted by Crippen LogP contribution is 2.38. The maximum atomic E-state index is 14.2. The first-order valence-electron chi connectivity index (χ1n) is 6.26. The number of anilines is 1. The van der Waals surface area contributed by atoms with Crippen LogP contribution in [0.3, 0.4) is 0 Å². The summed E-state index contributed by atoms with van der Waals surface area (Å²) in [4.78, 5) is 24.3. The van der Waals surface area contributed by atoms with Gasteiger partial charge in [0.25, 0.3) is 5.24 Å². The maximum Gasteiger partial charge on any atom is 0.286 e. The molecule has 1 saturated heterocycles. The van der Waals surface area contributed by atoms with E-state index < -0.39 is 17.7 Å². The monoisotopic (exact) mass is 311 g/mol. The van der Waals surface area contributed by atoms with Gasteiger partial charge in [0.2, 0.25) is 0 Å². The highest BCUT2D eigenvalue weighted by Gasteiger charge is 2.34. The number of fused-ring (bicyclic) bond motifs is 1. The molecule has 0 aliphatic carbocycles. The van der Waals surface area contributed by atoms with Crippen LogP contribution in [-0.4, -0.2) is 30.0 Å². The van der Waals surface area contributed by atoms with Crippen LogP contribution in [0.1, 0.15) is 15.9 Å². The number of rotatable bonds is 3. The lowest BCUT2D eigenvalue weighted by molar-refractivity contribution is 0.112. The predicted molar refractivity (Wildman–Crippen MR) is 76.4 cm³/mol. The average Bonchev–Trinajstić information content (AvgIpc) is 3.05. The van der Waals surface area contributed by atoms with Crippen LogP contribution in [-0.2, 0) is 0 Å². The highest BCUT2D eigenvalue weighted by molar-refractivity contribution is 8.14. The van der Waals surface area contributed by atoms with Gasteiger partial charge in [0.05, 0.1) is 10.9 Å². The van der Waals surface area contributed by atoms with Crippen LogP contribution in [0, 0.1) is 12.7 Å². The minimum atomic E-state index is -0.623. The number of hydrogen-bond acceptors (Lipinski definition) is 4. The summed E-state index contributed by atoms with van der Waals surface area (Å²) in [6.45, 7) is 1.06. The zero-order valence-corrected chi connectivity index (χ0v) is 11.9. The number of benzene rings is 1. The molecule has 0 radical (unpaired) electrons. The molecule has 1 aliphatic rings. The topological polar surface area (TPSA) is 50.5 Å². The van der Waals surface area contributed by atoms with Crippen LogP contribution in [0.5, 0.6) is 0 Å². The number of nitrogens with zero attached hydrogens (tertiary/aromatic N) is 1. The fraction of sp³-hybridized carbons (Fsp3) is 0.286. The van der Waals surface area contributed by atoms with Crippen molar-refractivity contribution in [2.75, 3.05) is 18.1 Å². The highest BCUT2D eigenvalue weighted by atomic mass is 32.2. The molecule has 1 atom stereocenters. The summed E-state index contributed by atoms with van der Waals surface area (Å²) in [5.41, 5.74) is 0.751. The summed E-state index contributed by atoms with van der Waals surface area (Å²) in [6.07, 6.45) is 1.82. The molecule has 0 bridgehead atoms. The number of furan rings is 1. The summed E-state index contributed by atoms with van der Waals surface area (Å²) < 4.78 is 32.1. The first-order chi connectivity index (χ1) is 10.1. The molecule has 1 aliphatic heterocycles. The Morgan fingerprint density at radius 3 is 2.95 bits per heavy atom. The Bertz CT molecular complexity index is 743.